The number of aromatic nitrogens is 2. The van der Waals surface area contributed by atoms with E-state index in [9.17, 15) is 9.50 Å². The first-order valence-electron chi connectivity index (χ1n) is 9.02. The summed E-state index contributed by atoms with van der Waals surface area (Å²) in [7, 11) is 0. The van der Waals surface area contributed by atoms with Gasteiger partial charge in [-0.05, 0) is 43.7 Å². The molecule has 1 aromatic carbocycles. The van der Waals surface area contributed by atoms with E-state index in [0.717, 1.165) is 32.2 Å². The number of hydrogen-bond donors (Lipinski definition) is 2. The lowest BCUT2D eigenvalue weighted by Crippen LogP contribution is -2.35. The normalized spacial score (nSPS) is 26.1. The van der Waals surface area contributed by atoms with Crippen molar-refractivity contribution in [1.82, 2.24) is 15.1 Å². The van der Waals surface area contributed by atoms with Crippen LogP contribution in [0.25, 0.3) is 0 Å². The third-order valence-corrected chi connectivity index (χ3v) is 5.05. The van der Waals surface area contributed by atoms with Crippen LogP contribution < -0.4 is 10.1 Å². The second-order valence-electron chi connectivity index (χ2n) is 7.17. The fourth-order valence-corrected chi connectivity index (χ4v) is 3.55. The second-order valence-corrected chi connectivity index (χ2v) is 7.17. The molecule has 0 radical (unpaired) electrons. The highest BCUT2D eigenvalue weighted by Crippen LogP contribution is 2.31. The summed E-state index contributed by atoms with van der Waals surface area (Å²) in [4.78, 5) is 0. The number of aliphatic hydroxyl groups excluding tert-OH is 1. The topological polar surface area (TPSA) is 59.3 Å². The van der Waals surface area contributed by atoms with Gasteiger partial charge >= 0.3 is 0 Å². The quantitative estimate of drug-likeness (QED) is 0.809. The minimum absolute atomic E-state index is 0.0204. The minimum atomic E-state index is -0.408. The van der Waals surface area contributed by atoms with Gasteiger partial charge in [0.2, 0.25) is 0 Å². The highest BCUT2D eigenvalue weighted by Gasteiger charge is 2.33. The van der Waals surface area contributed by atoms with Crippen molar-refractivity contribution in [3.8, 4) is 5.75 Å². The van der Waals surface area contributed by atoms with E-state index in [1.807, 2.05) is 23.0 Å². The predicted molar refractivity (Wildman–Crippen MR) is 91.6 cm³/mol. The lowest BCUT2D eigenvalue weighted by Gasteiger charge is -2.17. The van der Waals surface area contributed by atoms with Gasteiger partial charge in [0.15, 0.2) is 11.6 Å². The van der Waals surface area contributed by atoms with E-state index in [4.69, 9.17) is 4.74 Å². The van der Waals surface area contributed by atoms with E-state index < -0.39 is 6.10 Å². The zero-order valence-corrected chi connectivity index (χ0v) is 14.1. The number of hydrogen-bond acceptors (Lipinski definition) is 4. The lowest BCUT2D eigenvalue weighted by atomic mass is 10.1. The number of halogens is 1. The number of benzene rings is 1. The monoisotopic (exact) mass is 345 g/mol. The Balaban J connectivity index is 1.33. The van der Waals surface area contributed by atoms with E-state index in [2.05, 4.69) is 10.4 Å². The molecule has 1 unspecified atom stereocenters. The van der Waals surface area contributed by atoms with Gasteiger partial charge in [-0.1, -0.05) is 12.1 Å². The number of aliphatic hydroxyl groups is 1. The van der Waals surface area contributed by atoms with E-state index >= 15 is 0 Å². The minimum Gasteiger partial charge on any atom is -0.487 e. The fourth-order valence-electron chi connectivity index (χ4n) is 3.55. The molecule has 2 saturated carbocycles. The first-order valence-corrected chi connectivity index (χ1v) is 9.02. The molecule has 2 aliphatic carbocycles. The van der Waals surface area contributed by atoms with Crippen LogP contribution in [0.2, 0.25) is 0 Å². The van der Waals surface area contributed by atoms with Crippen molar-refractivity contribution in [3.63, 3.8) is 0 Å². The van der Waals surface area contributed by atoms with Crippen LogP contribution in [0.1, 0.15) is 31.2 Å². The maximum atomic E-state index is 14.5. The Morgan fingerprint density at radius 1 is 1.28 bits per heavy atom. The highest BCUT2D eigenvalue weighted by atomic mass is 19.1. The van der Waals surface area contributed by atoms with Gasteiger partial charge in [-0.2, -0.15) is 5.10 Å². The Labute approximate surface area is 146 Å². The molecule has 0 amide bonds. The Morgan fingerprint density at radius 3 is 2.92 bits per heavy atom. The van der Waals surface area contributed by atoms with Crippen molar-refractivity contribution in [2.75, 3.05) is 0 Å². The summed E-state index contributed by atoms with van der Waals surface area (Å²) in [5.74, 6) is 0.426. The van der Waals surface area contributed by atoms with Gasteiger partial charge in [0.25, 0.3) is 0 Å². The Hall–Kier alpha value is -1.92. The zero-order valence-electron chi connectivity index (χ0n) is 14.1. The van der Waals surface area contributed by atoms with Crippen LogP contribution in [0, 0.1) is 11.7 Å². The molecule has 0 aliphatic heterocycles. The van der Waals surface area contributed by atoms with Gasteiger partial charge in [0, 0.05) is 37.1 Å². The van der Waals surface area contributed by atoms with Gasteiger partial charge < -0.3 is 15.2 Å². The van der Waals surface area contributed by atoms with Gasteiger partial charge in [-0.25, -0.2) is 4.39 Å². The van der Waals surface area contributed by atoms with Crippen molar-refractivity contribution in [3.05, 3.63) is 48.0 Å². The molecule has 134 valence electrons. The Morgan fingerprint density at radius 2 is 2.16 bits per heavy atom. The first kappa shape index (κ1) is 16.5. The summed E-state index contributed by atoms with van der Waals surface area (Å²) >= 11 is 0. The lowest BCUT2D eigenvalue weighted by molar-refractivity contribution is 0.145. The van der Waals surface area contributed by atoms with Crippen LogP contribution in [0.5, 0.6) is 5.75 Å². The summed E-state index contributed by atoms with van der Waals surface area (Å²) in [5.41, 5.74) is 0.584. The Kier molecular flexibility index (Phi) is 4.72. The molecule has 3 atom stereocenters. The molecule has 25 heavy (non-hydrogen) atoms. The summed E-state index contributed by atoms with van der Waals surface area (Å²) in [6.07, 6.45) is 7.09. The molecule has 5 nitrogen and oxygen atoms in total. The summed E-state index contributed by atoms with van der Waals surface area (Å²) in [5, 5.41) is 17.8. The molecule has 0 saturated heterocycles. The van der Waals surface area contributed by atoms with Gasteiger partial charge in [0.1, 0.15) is 0 Å². The van der Waals surface area contributed by atoms with Gasteiger partial charge in [0.05, 0.1) is 12.2 Å². The summed E-state index contributed by atoms with van der Waals surface area (Å²) in [6.45, 7) is 1.20. The van der Waals surface area contributed by atoms with Crippen LogP contribution in [-0.4, -0.2) is 33.1 Å². The smallest absolute Gasteiger partial charge is 0.169 e. The maximum absolute atomic E-state index is 14.5. The van der Waals surface area contributed by atoms with Crippen molar-refractivity contribution < 1.29 is 14.2 Å². The molecule has 2 aliphatic rings. The zero-order chi connectivity index (χ0) is 17.2. The van der Waals surface area contributed by atoms with Crippen LogP contribution >= 0.6 is 0 Å². The molecule has 1 aromatic heterocycles. The SMILES string of the molecule is O[C@@H]1CC(Cn2cccn2)C[C@H]1NCc1cccc(OC2CC2)c1F. The fraction of sp³-hybridized carbons (Fsp3) is 0.526. The van der Waals surface area contributed by atoms with E-state index in [-0.39, 0.29) is 18.0 Å². The standard InChI is InChI=1S/C19H24FN3O2/c20-19-14(3-1-4-18(19)25-15-5-6-15)11-21-16-9-13(10-17(16)24)12-23-8-2-7-22-23/h1-4,7-8,13,15-17,21,24H,5-6,9-12H2/t13?,16-,17-/m1/s1. The van der Waals surface area contributed by atoms with E-state index in [1.165, 1.54) is 0 Å². The van der Waals surface area contributed by atoms with Crippen LogP contribution in [0.4, 0.5) is 4.39 Å². The molecule has 2 aromatic rings. The highest BCUT2D eigenvalue weighted by molar-refractivity contribution is 5.31. The molecule has 4 rings (SSSR count). The van der Waals surface area contributed by atoms with Gasteiger partial charge in [-0.15, -0.1) is 0 Å². The third-order valence-electron chi connectivity index (χ3n) is 5.05. The molecular formula is C19H24FN3O2. The number of rotatable bonds is 7. The molecule has 2 N–H and O–H groups in total. The summed E-state index contributed by atoms with van der Waals surface area (Å²) < 4.78 is 22.0. The van der Waals surface area contributed by atoms with E-state index in [0.29, 0.717) is 23.8 Å². The molecule has 2 fully saturated rings. The molecular weight excluding hydrogens is 321 g/mol. The number of nitrogens with zero attached hydrogens (tertiary/aromatic N) is 2. The Bertz CT molecular complexity index is 703. The second kappa shape index (κ2) is 7.14. The van der Waals surface area contributed by atoms with Gasteiger partial charge in [-0.3, -0.25) is 4.68 Å². The first-order chi connectivity index (χ1) is 12.2. The van der Waals surface area contributed by atoms with Crippen LogP contribution in [-0.2, 0) is 13.1 Å². The molecule has 6 heteroatoms. The average Bonchev–Trinajstić information content (AvgIpc) is 3.13. The van der Waals surface area contributed by atoms with Crippen molar-refractivity contribution >= 4 is 0 Å². The van der Waals surface area contributed by atoms with Crippen molar-refractivity contribution in [2.45, 2.75) is 57.0 Å². The van der Waals surface area contributed by atoms with Crippen LogP contribution in [0.3, 0.4) is 0 Å². The summed E-state index contributed by atoms with van der Waals surface area (Å²) in [6, 6.07) is 7.16. The number of ether oxygens (including phenoxy) is 1. The maximum Gasteiger partial charge on any atom is 0.169 e. The van der Waals surface area contributed by atoms with Crippen molar-refractivity contribution in [2.24, 2.45) is 5.92 Å². The molecule has 0 spiro atoms. The third kappa shape index (κ3) is 4.02. The largest absolute Gasteiger partial charge is 0.487 e. The molecule has 0 bridgehead atoms. The number of nitrogens with one attached hydrogen (secondary N) is 1. The van der Waals surface area contributed by atoms with Crippen molar-refractivity contribution in [1.29, 1.82) is 0 Å². The predicted octanol–water partition coefficient (Wildman–Crippen LogP) is 2.49. The van der Waals surface area contributed by atoms with E-state index in [1.54, 1.807) is 18.3 Å². The average molecular weight is 345 g/mol. The molecule has 1 heterocycles. The van der Waals surface area contributed by atoms with Crippen LogP contribution in [0.15, 0.2) is 36.7 Å².